The molecular weight excluding hydrogens is 138 g/mol. The molecule has 0 radical (unpaired) electrons. The molecule has 0 saturated carbocycles. The van der Waals surface area contributed by atoms with Crippen molar-refractivity contribution in [2.24, 2.45) is 0 Å². The van der Waals surface area contributed by atoms with E-state index in [-0.39, 0.29) is 18.3 Å². The molecule has 9 heavy (non-hydrogen) atoms. The Kier molecular flexibility index (Phi) is 5.76. The lowest BCUT2D eigenvalue weighted by atomic mass is 10.4. The first-order valence-corrected chi connectivity index (χ1v) is 3.43. The summed E-state index contributed by atoms with van der Waals surface area (Å²) >= 11 is 3.74. The van der Waals surface area contributed by atoms with Gasteiger partial charge in [-0.25, -0.2) is 0 Å². The molecule has 2 N–H and O–H groups in total. The van der Waals surface area contributed by atoms with Crippen LogP contribution in [0, 0.1) is 0 Å². The van der Waals surface area contributed by atoms with Crippen molar-refractivity contribution in [3.8, 4) is 0 Å². The minimum atomic E-state index is -0.0909. The molecular formula is C5H11NO2S. The van der Waals surface area contributed by atoms with E-state index in [9.17, 15) is 4.79 Å². The van der Waals surface area contributed by atoms with Crippen LogP contribution in [0.4, 0.5) is 0 Å². The summed E-state index contributed by atoms with van der Waals surface area (Å²) < 4.78 is 0. The van der Waals surface area contributed by atoms with Gasteiger partial charge in [-0.3, -0.25) is 4.79 Å². The molecule has 54 valence electrons. The molecule has 0 saturated heterocycles. The van der Waals surface area contributed by atoms with Crippen molar-refractivity contribution in [1.29, 1.82) is 0 Å². The van der Waals surface area contributed by atoms with Crippen LogP contribution in [0.1, 0.15) is 6.42 Å². The molecule has 0 aliphatic carbocycles. The number of rotatable bonds is 4. The summed E-state index contributed by atoms with van der Waals surface area (Å²) in [7, 11) is 0. The van der Waals surface area contributed by atoms with Crippen molar-refractivity contribution in [3.63, 3.8) is 0 Å². The van der Waals surface area contributed by atoms with Crippen LogP contribution in [0.25, 0.3) is 0 Å². The lowest BCUT2D eigenvalue weighted by Gasteiger charge is -1.98. The summed E-state index contributed by atoms with van der Waals surface area (Å²) in [6.07, 6.45) is 0.611. The molecule has 0 unspecified atom stereocenters. The summed E-state index contributed by atoms with van der Waals surface area (Å²) in [5.41, 5.74) is 0. The summed E-state index contributed by atoms with van der Waals surface area (Å²) in [6.45, 7) is 0.656. The molecule has 1 amide bonds. The van der Waals surface area contributed by atoms with Crippen LogP contribution in [-0.4, -0.2) is 29.9 Å². The highest BCUT2D eigenvalue weighted by Gasteiger charge is 1.92. The minimum absolute atomic E-state index is 0.0909. The van der Waals surface area contributed by atoms with Crippen LogP contribution >= 0.6 is 12.6 Å². The monoisotopic (exact) mass is 149 g/mol. The third-order valence-corrected chi connectivity index (χ3v) is 1.09. The average molecular weight is 149 g/mol. The number of hydrogen-bond donors (Lipinski definition) is 3. The summed E-state index contributed by atoms with van der Waals surface area (Å²) in [4.78, 5) is 10.4. The van der Waals surface area contributed by atoms with Crippen molar-refractivity contribution in [2.45, 2.75) is 6.42 Å². The van der Waals surface area contributed by atoms with Gasteiger partial charge < -0.3 is 10.4 Å². The molecule has 0 aromatic heterocycles. The lowest BCUT2D eigenvalue weighted by Crippen LogP contribution is -2.25. The second kappa shape index (κ2) is 5.91. The number of aliphatic hydroxyl groups excluding tert-OH is 1. The molecule has 0 aromatic rings. The van der Waals surface area contributed by atoms with Gasteiger partial charge in [0, 0.05) is 13.2 Å². The quantitative estimate of drug-likeness (QED) is 0.370. The zero-order valence-corrected chi connectivity index (χ0v) is 6.03. The zero-order chi connectivity index (χ0) is 7.11. The highest BCUT2D eigenvalue weighted by Crippen LogP contribution is 1.75. The first-order valence-electron chi connectivity index (χ1n) is 2.79. The fourth-order valence-corrected chi connectivity index (χ4v) is 0.475. The van der Waals surface area contributed by atoms with Gasteiger partial charge in [-0.05, 0) is 6.42 Å². The van der Waals surface area contributed by atoms with Gasteiger partial charge in [0.25, 0.3) is 0 Å². The molecule has 0 heterocycles. The van der Waals surface area contributed by atoms with Crippen molar-refractivity contribution >= 4 is 18.5 Å². The van der Waals surface area contributed by atoms with Crippen LogP contribution in [0.5, 0.6) is 0 Å². The zero-order valence-electron chi connectivity index (χ0n) is 5.13. The maximum Gasteiger partial charge on any atom is 0.229 e. The van der Waals surface area contributed by atoms with E-state index in [1.54, 1.807) is 0 Å². The van der Waals surface area contributed by atoms with Crippen molar-refractivity contribution in [3.05, 3.63) is 0 Å². The third kappa shape index (κ3) is 5.65. The van der Waals surface area contributed by atoms with E-state index >= 15 is 0 Å². The van der Waals surface area contributed by atoms with E-state index < -0.39 is 0 Å². The van der Waals surface area contributed by atoms with Crippen molar-refractivity contribution in [1.82, 2.24) is 5.32 Å². The SMILES string of the molecule is O=C(CS)NCCCO. The van der Waals surface area contributed by atoms with Crippen LogP contribution in [0.2, 0.25) is 0 Å². The predicted molar refractivity (Wildman–Crippen MR) is 38.6 cm³/mol. The maximum atomic E-state index is 10.4. The molecule has 0 fully saturated rings. The van der Waals surface area contributed by atoms with Crippen LogP contribution < -0.4 is 5.32 Å². The van der Waals surface area contributed by atoms with E-state index in [0.717, 1.165) is 0 Å². The van der Waals surface area contributed by atoms with Gasteiger partial charge in [0.2, 0.25) is 5.91 Å². The highest BCUT2D eigenvalue weighted by atomic mass is 32.1. The molecule has 0 spiro atoms. The molecule has 0 aliphatic rings. The van der Waals surface area contributed by atoms with Crippen molar-refractivity contribution in [2.75, 3.05) is 18.9 Å². The Morgan fingerprint density at radius 3 is 2.78 bits per heavy atom. The van der Waals surface area contributed by atoms with Gasteiger partial charge in [-0.2, -0.15) is 12.6 Å². The summed E-state index contributed by atoms with van der Waals surface area (Å²) in [5.74, 6) is 0.123. The number of thiol groups is 1. The van der Waals surface area contributed by atoms with E-state index in [4.69, 9.17) is 5.11 Å². The summed E-state index contributed by atoms with van der Waals surface area (Å²) in [6, 6.07) is 0. The van der Waals surface area contributed by atoms with Gasteiger partial charge >= 0.3 is 0 Å². The maximum absolute atomic E-state index is 10.4. The molecule has 0 bridgehead atoms. The summed E-state index contributed by atoms with van der Waals surface area (Å²) in [5, 5.41) is 10.8. The van der Waals surface area contributed by atoms with Gasteiger partial charge in [0.1, 0.15) is 0 Å². The molecule has 4 heteroatoms. The van der Waals surface area contributed by atoms with E-state index in [2.05, 4.69) is 17.9 Å². The number of carbonyl (C=O) groups is 1. The number of nitrogens with one attached hydrogen (secondary N) is 1. The van der Waals surface area contributed by atoms with Gasteiger partial charge in [0.15, 0.2) is 0 Å². The first-order chi connectivity index (χ1) is 4.31. The van der Waals surface area contributed by atoms with Crippen LogP contribution in [0.15, 0.2) is 0 Å². The van der Waals surface area contributed by atoms with Gasteiger partial charge in [0.05, 0.1) is 5.75 Å². The second-order valence-corrected chi connectivity index (χ2v) is 1.90. The topological polar surface area (TPSA) is 49.3 Å². The Balaban J connectivity index is 2.97. The van der Waals surface area contributed by atoms with Gasteiger partial charge in [-0.1, -0.05) is 0 Å². The first kappa shape index (κ1) is 8.78. The number of amides is 1. The Morgan fingerprint density at radius 1 is 1.67 bits per heavy atom. The standard InChI is InChI=1S/C5H11NO2S/c7-3-1-2-6-5(8)4-9/h7,9H,1-4H2,(H,6,8). The molecule has 0 aromatic carbocycles. The number of aliphatic hydroxyl groups is 1. The lowest BCUT2D eigenvalue weighted by molar-refractivity contribution is -0.118. The number of carbonyl (C=O) groups excluding carboxylic acids is 1. The van der Waals surface area contributed by atoms with E-state index in [1.165, 1.54) is 0 Å². The smallest absolute Gasteiger partial charge is 0.229 e. The minimum Gasteiger partial charge on any atom is -0.396 e. The fraction of sp³-hybridized carbons (Fsp3) is 0.800. The average Bonchev–Trinajstić information content (AvgIpc) is 1.89. The largest absolute Gasteiger partial charge is 0.396 e. The Bertz CT molecular complexity index is 87.0. The Hall–Kier alpha value is -0.220. The van der Waals surface area contributed by atoms with Crippen LogP contribution in [0.3, 0.4) is 0 Å². The molecule has 0 aliphatic heterocycles. The van der Waals surface area contributed by atoms with Crippen molar-refractivity contribution < 1.29 is 9.90 Å². The third-order valence-electron chi connectivity index (χ3n) is 0.801. The predicted octanol–water partition coefficient (Wildman–Crippen LogP) is -0.585. The van der Waals surface area contributed by atoms with E-state index in [0.29, 0.717) is 13.0 Å². The Labute approximate surface area is 59.9 Å². The van der Waals surface area contributed by atoms with Crippen LogP contribution in [-0.2, 0) is 4.79 Å². The molecule has 3 nitrogen and oxygen atoms in total. The molecule has 0 rings (SSSR count). The Morgan fingerprint density at radius 2 is 2.33 bits per heavy atom. The number of hydrogen-bond acceptors (Lipinski definition) is 3. The van der Waals surface area contributed by atoms with Gasteiger partial charge in [-0.15, -0.1) is 0 Å². The normalized spacial score (nSPS) is 9.11. The molecule has 0 atom stereocenters. The van der Waals surface area contributed by atoms with E-state index in [1.807, 2.05) is 0 Å². The second-order valence-electron chi connectivity index (χ2n) is 1.59. The highest BCUT2D eigenvalue weighted by molar-refractivity contribution is 7.81. The fourth-order valence-electron chi connectivity index (χ4n) is 0.363.